The average molecular weight is 299 g/mol. The minimum atomic E-state index is -0.244. The number of rotatable bonds is 12. The third-order valence-corrected chi connectivity index (χ3v) is 2.89. The molecule has 0 saturated heterocycles. The van der Waals surface area contributed by atoms with Crippen LogP contribution in [0.3, 0.4) is 0 Å². The van der Waals surface area contributed by atoms with Gasteiger partial charge in [0.15, 0.2) is 0 Å². The van der Waals surface area contributed by atoms with Crippen LogP contribution in [0.15, 0.2) is 18.2 Å². The Bertz CT molecular complexity index is 388. The largest absolute Gasteiger partial charge is 0.491 e. The monoisotopic (exact) mass is 299 g/mol. The molecule has 1 aromatic rings. The maximum absolute atomic E-state index is 13.3. The zero-order valence-corrected chi connectivity index (χ0v) is 13.0. The third kappa shape index (κ3) is 7.99. The number of methoxy groups -OCH3 is 1. The van der Waals surface area contributed by atoms with Gasteiger partial charge in [-0.1, -0.05) is 6.92 Å². The molecule has 0 aromatic heterocycles. The fraction of sp³-hybridized carbons (Fsp3) is 0.625. The van der Waals surface area contributed by atoms with Crippen LogP contribution in [0.2, 0.25) is 0 Å². The van der Waals surface area contributed by atoms with Gasteiger partial charge in [0.05, 0.1) is 6.61 Å². The van der Waals surface area contributed by atoms with E-state index < -0.39 is 0 Å². The van der Waals surface area contributed by atoms with E-state index >= 15 is 0 Å². The molecule has 0 atom stereocenters. The van der Waals surface area contributed by atoms with Crippen molar-refractivity contribution in [3.8, 4) is 5.75 Å². The van der Waals surface area contributed by atoms with Gasteiger partial charge in [0.1, 0.15) is 18.2 Å². The SMILES string of the molecule is CCCNCc1cc(F)ccc1OCCOCCCOC. The summed E-state index contributed by atoms with van der Waals surface area (Å²) in [4.78, 5) is 0. The van der Waals surface area contributed by atoms with Crippen LogP contribution < -0.4 is 10.1 Å². The Kier molecular flexibility index (Phi) is 9.78. The first-order valence-corrected chi connectivity index (χ1v) is 7.46. The first-order chi connectivity index (χ1) is 10.3. The minimum absolute atomic E-state index is 0.244. The lowest BCUT2D eigenvalue weighted by molar-refractivity contribution is 0.0804. The van der Waals surface area contributed by atoms with Gasteiger partial charge < -0.3 is 19.5 Å². The van der Waals surface area contributed by atoms with Crippen LogP contribution in [0.25, 0.3) is 0 Å². The van der Waals surface area contributed by atoms with Gasteiger partial charge in [0.25, 0.3) is 0 Å². The van der Waals surface area contributed by atoms with Gasteiger partial charge in [-0.3, -0.25) is 0 Å². The summed E-state index contributed by atoms with van der Waals surface area (Å²) in [6.07, 6.45) is 1.92. The molecule has 0 aliphatic heterocycles. The molecular formula is C16H26FNO3. The zero-order chi connectivity index (χ0) is 15.3. The Morgan fingerprint density at radius 3 is 2.76 bits per heavy atom. The Morgan fingerprint density at radius 2 is 2.00 bits per heavy atom. The summed E-state index contributed by atoms with van der Waals surface area (Å²) < 4.78 is 29.3. The summed E-state index contributed by atoms with van der Waals surface area (Å²) in [5.41, 5.74) is 0.836. The van der Waals surface area contributed by atoms with Crippen molar-refractivity contribution in [3.63, 3.8) is 0 Å². The molecule has 5 heteroatoms. The van der Waals surface area contributed by atoms with Crippen molar-refractivity contribution in [1.29, 1.82) is 0 Å². The molecule has 21 heavy (non-hydrogen) atoms. The number of nitrogens with one attached hydrogen (secondary N) is 1. The van der Waals surface area contributed by atoms with Gasteiger partial charge in [0.2, 0.25) is 0 Å². The molecule has 1 rings (SSSR count). The van der Waals surface area contributed by atoms with Gasteiger partial charge in [-0.05, 0) is 37.6 Å². The molecular weight excluding hydrogens is 273 g/mol. The molecule has 0 unspecified atom stereocenters. The van der Waals surface area contributed by atoms with Crippen LogP contribution in [0, 0.1) is 5.82 Å². The van der Waals surface area contributed by atoms with Crippen molar-refractivity contribution in [2.45, 2.75) is 26.3 Å². The third-order valence-electron chi connectivity index (χ3n) is 2.89. The topological polar surface area (TPSA) is 39.7 Å². The minimum Gasteiger partial charge on any atom is -0.491 e. The number of ether oxygens (including phenoxy) is 3. The maximum Gasteiger partial charge on any atom is 0.124 e. The second-order valence-corrected chi connectivity index (χ2v) is 4.74. The van der Waals surface area contributed by atoms with Crippen molar-refractivity contribution >= 4 is 0 Å². The van der Waals surface area contributed by atoms with Gasteiger partial charge >= 0.3 is 0 Å². The standard InChI is InChI=1S/C16H26FNO3/c1-3-7-18-13-14-12-15(17)5-6-16(14)21-11-10-20-9-4-8-19-2/h5-6,12,18H,3-4,7-11,13H2,1-2H3. The molecule has 0 radical (unpaired) electrons. The van der Waals surface area contributed by atoms with Crippen molar-refractivity contribution in [2.24, 2.45) is 0 Å². The van der Waals surface area contributed by atoms with Crippen molar-refractivity contribution in [2.75, 3.05) is 40.1 Å². The molecule has 0 spiro atoms. The second-order valence-electron chi connectivity index (χ2n) is 4.74. The molecule has 0 saturated carbocycles. The predicted molar refractivity (Wildman–Crippen MR) is 81.2 cm³/mol. The van der Waals surface area contributed by atoms with Crippen LogP contribution in [0.5, 0.6) is 5.75 Å². The average Bonchev–Trinajstić information content (AvgIpc) is 2.48. The highest BCUT2D eigenvalue weighted by atomic mass is 19.1. The fourth-order valence-electron chi connectivity index (χ4n) is 1.84. The van der Waals surface area contributed by atoms with E-state index in [0.717, 1.165) is 24.9 Å². The van der Waals surface area contributed by atoms with E-state index in [1.807, 2.05) is 0 Å². The lowest BCUT2D eigenvalue weighted by Crippen LogP contribution is -2.16. The summed E-state index contributed by atoms with van der Waals surface area (Å²) >= 11 is 0. The maximum atomic E-state index is 13.3. The molecule has 0 aliphatic rings. The van der Waals surface area contributed by atoms with E-state index in [9.17, 15) is 4.39 Å². The molecule has 120 valence electrons. The normalized spacial score (nSPS) is 10.8. The first-order valence-electron chi connectivity index (χ1n) is 7.46. The number of benzene rings is 1. The predicted octanol–water partition coefficient (Wildman–Crippen LogP) is 2.76. The van der Waals surface area contributed by atoms with E-state index in [0.29, 0.717) is 38.7 Å². The number of hydrogen-bond donors (Lipinski definition) is 1. The molecule has 0 bridgehead atoms. The van der Waals surface area contributed by atoms with Gasteiger partial charge in [-0.15, -0.1) is 0 Å². The van der Waals surface area contributed by atoms with Gasteiger partial charge in [-0.2, -0.15) is 0 Å². The van der Waals surface area contributed by atoms with Crippen LogP contribution in [-0.4, -0.2) is 40.1 Å². The van der Waals surface area contributed by atoms with E-state index in [1.165, 1.54) is 12.1 Å². The second kappa shape index (κ2) is 11.5. The summed E-state index contributed by atoms with van der Waals surface area (Å²) in [5.74, 6) is 0.465. The Morgan fingerprint density at radius 1 is 1.14 bits per heavy atom. The van der Waals surface area contributed by atoms with Crippen molar-refractivity contribution in [3.05, 3.63) is 29.6 Å². The van der Waals surface area contributed by atoms with Gasteiger partial charge in [0, 0.05) is 32.4 Å². The molecule has 0 aliphatic carbocycles. The molecule has 0 heterocycles. The van der Waals surface area contributed by atoms with E-state index in [4.69, 9.17) is 14.2 Å². The van der Waals surface area contributed by atoms with Crippen LogP contribution in [0.1, 0.15) is 25.3 Å². The Labute approximate surface area is 126 Å². The quantitative estimate of drug-likeness (QED) is 0.602. The summed E-state index contributed by atoms with van der Waals surface area (Å²) in [7, 11) is 1.67. The van der Waals surface area contributed by atoms with E-state index in [2.05, 4.69) is 12.2 Å². The van der Waals surface area contributed by atoms with E-state index in [-0.39, 0.29) is 5.82 Å². The summed E-state index contributed by atoms with van der Waals surface area (Å²) in [6, 6.07) is 4.60. The molecule has 1 aromatic carbocycles. The number of halogens is 1. The first kappa shape index (κ1) is 17.9. The summed E-state index contributed by atoms with van der Waals surface area (Å²) in [5, 5.41) is 3.25. The zero-order valence-electron chi connectivity index (χ0n) is 13.0. The lowest BCUT2D eigenvalue weighted by Gasteiger charge is -2.12. The Hall–Kier alpha value is -1.17. The molecule has 0 fully saturated rings. The smallest absolute Gasteiger partial charge is 0.124 e. The van der Waals surface area contributed by atoms with Crippen LogP contribution in [0.4, 0.5) is 4.39 Å². The molecule has 0 amide bonds. The summed E-state index contributed by atoms with van der Waals surface area (Å²) in [6.45, 7) is 5.94. The highest BCUT2D eigenvalue weighted by Crippen LogP contribution is 2.19. The number of hydrogen-bond acceptors (Lipinski definition) is 4. The van der Waals surface area contributed by atoms with Crippen LogP contribution >= 0.6 is 0 Å². The van der Waals surface area contributed by atoms with Gasteiger partial charge in [-0.25, -0.2) is 4.39 Å². The van der Waals surface area contributed by atoms with Crippen LogP contribution in [-0.2, 0) is 16.0 Å². The fourth-order valence-corrected chi connectivity index (χ4v) is 1.84. The Balaban J connectivity index is 2.32. The van der Waals surface area contributed by atoms with E-state index in [1.54, 1.807) is 13.2 Å². The molecule has 4 nitrogen and oxygen atoms in total. The van der Waals surface area contributed by atoms with Crippen molar-refractivity contribution in [1.82, 2.24) is 5.32 Å². The molecule has 1 N–H and O–H groups in total. The van der Waals surface area contributed by atoms with Crippen molar-refractivity contribution < 1.29 is 18.6 Å². The lowest BCUT2D eigenvalue weighted by atomic mass is 10.2. The highest BCUT2D eigenvalue weighted by Gasteiger charge is 2.05. The highest BCUT2D eigenvalue weighted by molar-refractivity contribution is 5.33.